The molecule has 3 N–H and O–H groups in total. The number of nitro groups is 1. The van der Waals surface area contributed by atoms with Crippen LogP contribution >= 0.6 is 0 Å². The molecular formula is C16H23FN3O3+. The second-order valence-corrected chi connectivity index (χ2v) is 6.15. The van der Waals surface area contributed by atoms with Crippen molar-refractivity contribution in [2.45, 2.75) is 57.5 Å². The molecule has 0 bridgehead atoms. The van der Waals surface area contributed by atoms with E-state index in [1.807, 2.05) is 6.92 Å². The molecule has 1 aromatic carbocycles. The maximum absolute atomic E-state index is 13.3. The Hall–Kier alpha value is -2.02. The van der Waals surface area contributed by atoms with Crippen LogP contribution in [-0.2, 0) is 4.79 Å². The van der Waals surface area contributed by atoms with Crippen molar-refractivity contribution in [1.82, 2.24) is 0 Å². The molecule has 1 fully saturated rings. The number of rotatable bonds is 5. The first-order valence-electron chi connectivity index (χ1n) is 8.07. The molecule has 2 rings (SSSR count). The van der Waals surface area contributed by atoms with Gasteiger partial charge in [0.1, 0.15) is 0 Å². The standard InChI is InChI=1S/C16H22FN3O3/c1-11(18-12-6-4-2-3-5-7-12)16(21)19-13-8-9-14(17)15(10-13)20(22)23/h8-12,18H,2-7H2,1H3,(H,19,21)/p+1/t11-/m1/s1. The molecule has 7 heteroatoms. The number of nitro benzene ring substituents is 1. The van der Waals surface area contributed by atoms with E-state index in [2.05, 4.69) is 10.6 Å². The molecule has 0 heterocycles. The van der Waals surface area contributed by atoms with Crippen molar-refractivity contribution in [1.29, 1.82) is 0 Å². The van der Waals surface area contributed by atoms with Gasteiger partial charge < -0.3 is 10.6 Å². The zero-order valence-corrected chi connectivity index (χ0v) is 13.3. The van der Waals surface area contributed by atoms with Gasteiger partial charge in [0.2, 0.25) is 5.82 Å². The van der Waals surface area contributed by atoms with E-state index in [9.17, 15) is 19.3 Å². The maximum Gasteiger partial charge on any atom is 0.306 e. The van der Waals surface area contributed by atoms with Crippen LogP contribution in [0.5, 0.6) is 0 Å². The van der Waals surface area contributed by atoms with Gasteiger partial charge in [-0.25, -0.2) is 0 Å². The molecule has 126 valence electrons. The Bertz CT molecular complexity index is 572. The quantitative estimate of drug-likeness (QED) is 0.495. The van der Waals surface area contributed by atoms with Crippen molar-refractivity contribution >= 4 is 17.3 Å². The van der Waals surface area contributed by atoms with Gasteiger partial charge in [-0.05, 0) is 44.7 Å². The van der Waals surface area contributed by atoms with Crippen molar-refractivity contribution in [2.24, 2.45) is 0 Å². The van der Waals surface area contributed by atoms with E-state index < -0.39 is 16.4 Å². The molecule has 0 spiro atoms. The van der Waals surface area contributed by atoms with E-state index in [1.165, 1.54) is 31.7 Å². The van der Waals surface area contributed by atoms with Crippen LogP contribution in [0.4, 0.5) is 15.8 Å². The molecule has 0 radical (unpaired) electrons. The summed E-state index contributed by atoms with van der Waals surface area (Å²) in [6.07, 6.45) is 7.12. The van der Waals surface area contributed by atoms with Crippen LogP contribution in [-0.4, -0.2) is 22.9 Å². The number of nitrogens with zero attached hydrogens (tertiary/aromatic N) is 1. The van der Waals surface area contributed by atoms with Gasteiger partial charge in [0.15, 0.2) is 6.04 Å². The Balaban J connectivity index is 1.95. The summed E-state index contributed by atoms with van der Waals surface area (Å²) in [5.41, 5.74) is -0.396. The minimum Gasteiger partial charge on any atom is -0.334 e. The lowest BCUT2D eigenvalue weighted by molar-refractivity contribution is -0.707. The summed E-state index contributed by atoms with van der Waals surface area (Å²) in [4.78, 5) is 22.2. The Morgan fingerprint density at radius 3 is 2.61 bits per heavy atom. The molecule has 0 aliphatic heterocycles. The topological polar surface area (TPSA) is 88.8 Å². The number of nitrogens with one attached hydrogen (secondary N) is 1. The van der Waals surface area contributed by atoms with Crippen molar-refractivity contribution < 1.29 is 19.4 Å². The molecule has 0 aromatic heterocycles. The second kappa shape index (κ2) is 8.01. The molecule has 1 saturated carbocycles. The molecule has 23 heavy (non-hydrogen) atoms. The van der Waals surface area contributed by atoms with E-state index >= 15 is 0 Å². The number of benzene rings is 1. The smallest absolute Gasteiger partial charge is 0.306 e. The van der Waals surface area contributed by atoms with Gasteiger partial charge >= 0.3 is 5.69 Å². The second-order valence-electron chi connectivity index (χ2n) is 6.15. The first-order chi connectivity index (χ1) is 11.0. The third kappa shape index (κ3) is 4.99. The SMILES string of the molecule is C[C@@H]([NH2+]C1CCCCCC1)C(=O)Nc1ccc(F)c([N+](=O)[O-])c1. The predicted octanol–water partition coefficient (Wildman–Crippen LogP) is 2.35. The maximum atomic E-state index is 13.3. The van der Waals surface area contributed by atoms with Crippen LogP contribution in [0.15, 0.2) is 18.2 Å². The lowest BCUT2D eigenvalue weighted by atomic mass is 10.1. The highest BCUT2D eigenvalue weighted by molar-refractivity contribution is 5.93. The average Bonchev–Trinajstić information content (AvgIpc) is 2.77. The number of nitrogens with two attached hydrogens (primary N) is 1. The van der Waals surface area contributed by atoms with Crippen LogP contribution in [0, 0.1) is 15.9 Å². The van der Waals surface area contributed by atoms with Crippen LogP contribution in [0.3, 0.4) is 0 Å². The summed E-state index contributed by atoms with van der Waals surface area (Å²) in [6, 6.07) is 3.53. The number of anilines is 1. The van der Waals surface area contributed by atoms with Gasteiger partial charge in [0.25, 0.3) is 5.91 Å². The highest BCUT2D eigenvalue weighted by Gasteiger charge is 2.23. The number of carbonyl (C=O) groups is 1. The zero-order chi connectivity index (χ0) is 16.8. The molecule has 0 saturated heterocycles. The number of hydrogen-bond acceptors (Lipinski definition) is 3. The van der Waals surface area contributed by atoms with Gasteiger partial charge in [0, 0.05) is 11.8 Å². The van der Waals surface area contributed by atoms with Gasteiger partial charge in [0.05, 0.1) is 11.0 Å². The van der Waals surface area contributed by atoms with Crippen molar-refractivity contribution in [3.8, 4) is 0 Å². The molecule has 0 unspecified atom stereocenters. The van der Waals surface area contributed by atoms with Gasteiger partial charge in [-0.1, -0.05) is 12.8 Å². The molecular weight excluding hydrogens is 301 g/mol. The Labute approximate surface area is 134 Å². The normalized spacial score (nSPS) is 17.3. The van der Waals surface area contributed by atoms with E-state index in [0.29, 0.717) is 6.04 Å². The van der Waals surface area contributed by atoms with Crippen LogP contribution < -0.4 is 10.6 Å². The molecule has 1 amide bonds. The van der Waals surface area contributed by atoms with Crippen molar-refractivity contribution in [2.75, 3.05) is 5.32 Å². The summed E-state index contributed by atoms with van der Waals surface area (Å²) in [5.74, 6) is -1.14. The van der Waals surface area contributed by atoms with Gasteiger partial charge in [-0.15, -0.1) is 0 Å². The predicted molar refractivity (Wildman–Crippen MR) is 84.6 cm³/mol. The first kappa shape index (κ1) is 17.3. The van der Waals surface area contributed by atoms with Gasteiger partial charge in [-0.2, -0.15) is 4.39 Å². The number of quaternary nitrogens is 1. The molecule has 1 aromatic rings. The average molecular weight is 324 g/mol. The van der Waals surface area contributed by atoms with Crippen LogP contribution in [0.25, 0.3) is 0 Å². The Morgan fingerprint density at radius 2 is 2.00 bits per heavy atom. The third-order valence-electron chi connectivity index (χ3n) is 4.28. The lowest BCUT2D eigenvalue weighted by Crippen LogP contribution is -2.96. The zero-order valence-electron chi connectivity index (χ0n) is 13.3. The molecule has 6 nitrogen and oxygen atoms in total. The molecule has 1 aliphatic rings. The minimum absolute atomic E-state index is 0.227. The number of halogens is 1. The van der Waals surface area contributed by atoms with E-state index in [-0.39, 0.29) is 17.6 Å². The summed E-state index contributed by atoms with van der Waals surface area (Å²) in [6.45, 7) is 1.82. The number of hydrogen-bond donors (Lipinski definition) is 2. The summed E-state index contributed by atoms with van der Waals surface area (Å²) in [7, 11) is 0. The largest absolute Gasteiger partial charge is 0.334 e. The van der Waals surface area contributed by atoms with E-state index in [1.54, 1.807) is 0 Å². The first-order valence-corrected chi connectivity index (χ1v) is 8.07. The Morgan fingerprint density at radius 1 is 1.35 bits per heavy atom. The van der Waals surface area contributed by atoms with E-state index in [4.69, 9.17) is 0 Å². The monoisotopic (exact) mass is 324 g/mol. The fourth-order valence-electron chi connectivity index (χ4n) is 2.99. The highest BCUT2D eigenvalue weighted by Crippen LogP contribution is 2.21. The highest BCUT2D eigenvalue weighted by atomic mass is 19.1. The summed E-state index contributed by atoms with van der Waals surface area (Å²) < 4.78 is 13.3. The van der Waals surface area contributed by atoms with Gasteiger partial charge in [-0.3, -0.25) is 14.9 Å². The lowest BCUT2D eigenvalue weighted by Gasteiger charge is -2.18. The Kier molecular flexibility index (Phi) is 6.04. The third-order valence-corrected chi connectivity index (χ3v) is 4.28. The fraction of sp³-hybridized carbons (Fsp3) is 0.562. The number of carbonyl (C=O) groups excluding carboxylic acids is 1. The molecule has 1 atom stereocenters. The number of amides is 1. The van der Waals surface area contributed by atoms with Crippen molar-refractivity contribution in [3.63, 3.8) is 0 Å². The van der Waals surface area contributed by atoms with E-state index in [0.717, 1.165) is 25.0 Å². The fourth-order valence-corrected chi connectivity index (χ4v) is 2.99. The molecule has 1 aliphatic carbocycles. The minimum atomic E-state index is -0.911. The summed E-state index contributed by atoms with van der Waals surface area (Å²) in [5, 5.41) is 15.4. The van der Waals surface area contributed by atoms with Crippen LogP contribution in [0.1, 0.15) is 45.4 Å². The van der Waals surface area contributed by atoms with Crippen LogP contribution in [0.2, 0.25) is 0 Å². The summed E-state index contributed by atoms with van der Waals surface area (Å²) >= 11 is 0. The van der Waals surface area contributed by atoms with Crippen molar-refractivity contribution in [3.05, 3.63) is 34.1 Å².